The van der Waals surface area contributed by atoms with Crippen molar-refractivity contribution in [3.63, 3.8) is 0 Å². The number of rotatable bonds is 4. The minimum absolute atomic E-state index is 0.00358. The summed E-state index contributed by atoms with van der Waals surface area (Å²) >= 11 is 6.01. The summed E-state index contributed by atoms with van der Waals surface area (Å²) in [6, 6.07) is 2.94. The molecule has 0 aromatic heterocycles. The van der Waals surface area contributed by atoms with E-state index in [4.69, 9.17) is 22.1 Å². The van der Waals surface area contributed by atoms with E-state index in [1.165, 1.54) is 6.07 Å². The predicted molar refractivity (Wildman–Crippen MR) is 79.4 cm³/mol. The number of benzene rings is 1. The molecule has 1 unspecified atom stereocenters. The Morgan fingerprint density at radius 3 is 2.80 bits per heavy atom. The predicted octanol–water partition coefficient (Wildman–Crippen LogP) is 2.08. The fourth-order valence-electron chi connectivity index (χ4n) is 2.18. The topological polar surface area (TPSA) is 81.4 Å². The van der Waals surface area contributed by atoms with E-state index >= 15 is 0 Å². The Balaban J connectivity index is 2.20. The normalized spacial score (nSPS) is 23.1. The summed E-state index contributed by atoms with van der Waals surface area (Å²) in [5.41, 5.74) is 6.46. The average Bonchev–Trinajstić information content (AvgIpc) is 2.79. The van der Waals surface area contributed by atoms with Crippen LogP contribution in [0.1, 0.15) is 25.3 Å². The zero-order valence-corrected chi connectivity index (χ0v) is 13.1. The van der Waals surface area contributed by atoms with Crippen LogP contribution in [0.3, 0.4) is 0 Å². The van der Waals surface area contributed by atoms with Gasteiger partial charge in [0.25, 0.3) is 0 Å². The van der Waals surface area contributed by atoms with Crippen LogP contribution in [0.5, 0.6) is 0 Å². The number of hydrogen-bond acceptors (Lipinski definition) is 4. The number of halogens is 1. The lowest BCUT2D eigenvalue weighted by atomic mass is 10.0. The van der Waals surface area contributed by atoms with Crippen molar-refractivity contribution < 1.29 is 13.2 Å². The van der Waals surface area contributed by atoms with Crippen molar-refractivity contribution in [2.75, 3.05) is 18.9 Å². The van der Waals surface area contributed by atoms with Gasteiger partial charge in [0.2, 0.25) is 10.0 Å². The minimum Gasteiger partial charge on any atom is -0.398 e. The summed E-state index contributed by atoms with van der Waals surface area (Å²) in [5, 5.41) is 0.168. The quantitative estimate of drug-likeness (QED) is 0.833. The van der Waals surface area contributed by atoms with Crippen LogP contribution in [0.2, 0.25) is 5.02 Å². The van der Waals surface area contributed by atoms with Crippen LogP contribution in [0.4, 0.5) is 5.69 Å². The van der Waals surface area contributed by atoms with Crippen molar-refractivity contribution in [3.8, 4) is 0 Å². The molecule has 112 valence electrons. The summed E-state index contributed by atoms with van der Waals surface area (Å²) in [6.45, 7) is 4.56. The lowest BCUT2D eigenvalue weighted by Gasteiger charge is -2.23. The maximum atomic E-state index is 12.3. The van der Waals surface area contributed by atoms with E-state index in [9.17, 15) is 8.42 Å². The molecule has 1 aliphatic rings. The van der Waals surface area contributed by atoms with Crippen molar-refractivity contribution in [2.45, 2.75) is 37.2 Å². The fraction of sp³-hybridized carbons (Fsp3) is 0.538. The van der Waals surface area contributed by atoms with Gasteiger partial charge in [0.05, 0.1) is 10.6 Å². The van der Waals surface area contributed by atoms with E-state index < -0.39 is 15.6 Å². The highest BCUT2D eigenvalue weighted by atomic mass is 35.5. The molecule has 5 nitrogen and oxygen atoms in total. The van der Waals surface area contributed by atoms with E-state index in [2.05, 4.69) is 4.72 Å². The molecule has 7 heteroatoms. The number of hydrogen-bond donors (Lipinski definition) is 2. The Morgan fingerprint density at radius 1 is 1.50 bits per heavy atom. The van der Waals surface area contributed by atoms with Gasteiger partial charge in [0.1, 0.15) is 4.90 Å². The molecular weight excluding hydrogens is 300 g/mol. The summed E-state index contributed by atoms with van der Waals surface area (Å²) < 4.78 is 32.7. The Morgan fingerprint density at radius 2 is 2.20 bits per heavy atom. The SMILES string of the molecule is Cc1cc(Cl)c(S(=O)(=O)NCC2(C)CCCO2)cc1N. The molecule has 1 saturated heterocycles. The van der Waals surface area contributed by atoms with Crippen LogP contribution in [-0.2, 0) is 14.8 Å². The molecule has 1 fully saturated rings. The van der Waals surface area contributed by atoms with Crippen LogP contribution in [0.15, 0.2) is 17.0 Å². The van der Waals surface area contributed by atoms with Gasteiger partial charge in [-0.2, -0.15) is 0 Å². The minimum atomic E-state index is -3.70. The first kappa shape index (κ1) is 15.6. The van der Waals surface area contributed by atoms with Gasteiger partial charge < -0.3 is 10.5 Å². The zero-order valence-electron chi connectivity index (χ0n) is 11.6. The van der Waals surface area contributed by atoms with E-state index in [1.807, 2.05) is 6.92 Å². The standard InChI is InChI=1S/C13H19ClN2O3S/c1-9-6-10(14)12(7-11(9)15)20(17,18)16-8-13(2)4-3-5-19-13/h6-7,16H,3-5,8,15H2,1-2H3. The smallest absolute Gasteiger partial charge is 0.242 e. The number of sulfonamides is 1. The molecule has 3 N–H and O–H groups in total. The number of ether oxygens (including phenoxy) is 1. The molecule has 20 heavy (non-hydrogen) atoms. The molecule has 1 aromatic rings. The Hall–Kier alpha value is -0.820. The molecule has 1 heterocycles. The number of nitrogens with two attached hydrogens (primary N) is 1. The maximum Gasteiger partial charge on any atom is 0.242 e. The van der Waals surface area contributed by atoms with Gasteiger partial charge in [-0.15, -0.1) is 0 Å². The van der Waals surface area contributed by atoms with Crippen LogP contribution in [0.25, 0.3) is 0 Å². The Kier molecular flexibility index (Phi) is 4.30. The third-order valence-corrected chi connectivity index (χ3v) is 5.41. The fourth-order valence-corrected chi connectivity index (χ4v) is 3.95. The third kappa shape index (κ3) is 3.25. The van der Waals surface area contributed by atoms with Gasteiger partial charge in [0.15, 0.2) is 0 Å². The number of nitrogens with one attached hydrogen (secondary N) is 1. The van der Waals surface area contributed by atoms with E-state index in [0.717, 1.165) is 18.4 Å². The van der Waals surface area contributed by atoms with Gasteiger partial charge in [-0.25, -0.2) is 13.1 Å². The van der Waals surface area contributed by atoms with Crippen LogP contribution in [0, 0.1) is 6.92 Å². The number of anilines is 1. The number of nitrogen functional groups attached to an aromatic ring is 1. The van der Waals surface area contributed by atoms with Gasteiger partial charge in [-0.1, -0.05) is 11.6 Å². The maximum absolute atomic E-state index is 12.3. The second-order valence-electron chi connectivity index (χ2n) is 5.37. The lowest BCUT2D eigenvalue weighted by Crippen LogP contribution is -2.40. The van der Waals surface area contributed by atoms with Crippen molar-refractivity contribution in [3.05, 3.63) is 22.7 Å². The first-order valence-electron chi connectivity index (χ1n) is 6.43. The van der Waals surface area contributed by atoms with Gasteiger partial charge in [-0.3, -0.25) is 0 Å². The molecule has 0 aliphatic carbocycles. The van der Waals surface area contributed by atoms with Crippen molar-refractivity contribution >= 4 is 27.3 Å². The molecule has 0 radical (unpaired) electrons. The highest BCUT2D eigenvalue weighted by Gasteiger charge is 2.32. The van der Waals surface area contributed by atoms with Gasteiger partial charge in [-0.05, 0) is 44.4 Å². The molecule has 2 rings (SSSR count). The van der Waals surface area contributed by atoms with Gasteiger partial charge in [0, 0.05) is 18.8 Å². The van der Waals surface area contributed by atoms with Crippen molar-refractivity contribution in [1.82, 2.24) is 4.72 Å². The van der Waals surface area contributed by atoms with E-state index in [-0.39, 0.29) is 16.5 Å². The molecule has 1 aliphatic heterocycles. The largest absolute Gasteiger partial charge is 0.398 e. The summed E-state index contributed by atoms with van der Waals surface area (Å²) in [4.78, 5) is 0.00358. The summed E-state index contributed by atoms with van der Waals surface area (Å²) in [7, 11) is -3.70. The Bertz CT molecular complexity index is 610. The van der Waals surface area contributed by atoms with Crippen LogP contribution >= 0.6 is 11.6 Å². The molecule has 0 spiro atoms. The Labute approximate surface area is 124 Å². The van der Waals surface area contributed by atoms with Crippen LogP contribution < -0.4 is 10.5 Å². The second kappa shape index (κ2) is 5.52. The summed E-state index contributed by atoms with van der Waals surface area (Å²) in [5.74, 6) is 0. The van der Waals surface area contributed by atoms with Gasteiger partial charge >= 0.3 is 0 Å². The third-order valence-electron chi connectivity index (χ3n) is 3.55. The molecule has 0 bridgehead atoms. The van der Waals surface area contributed by atoms with E-state index in [1.54, 1.807) is 13.0 Å². The molecule has 0 amide bonds. The highest BCUT2D eigenvalue weighted by Crippen LogP contribution is 2.28. The lowest BCUT2D eigenvalue weighted by molar-refractivity contribution is 0.0250. The molecule has 0 saturated carbocycles. The van der Waals surface area contributed by atoms with E-state index in [0.29, 0.717) is 12.3 Å². The van der Waals surface area contributed by atoms with Crippen LogP contribution in [-0.4, -0.2) is 27.2 Å². The number of aryl methyl sites for hydroxylation is 1. The average molecular weight is 319 g/mol. The van der Waals surface area contributed by atoms with Crippen molar-refractivity contribution in [2.24, 2.45) is 0 Å². The first-order chi connectivity index (χ1) is 9.23. The summed E-state index contributed by atoms with van der Waals surface area (Å²) in [6.07, 6.45) is 1.77. The monoisotopic (exact) mass is 318 g/mol. The zero-order chi connectivity index (χ0) is 15.0. The molecule has 1 atom stereocenters. The highest BCUT2D eigenvalue weighted by molar-refractivity contribution is 7.89. The molecule has 1 aromatic carbocycles. The van der Waals surface area contributed by atoms with Crippen molar-refractivity contribution in [1.29, 1.82) is 0 Å². The first-order valence-corrected chi connectivity index (χ1v) is 8.29. The molecular formula is C13H19ClN2O3S. The second-order valence-corrected chi connectivity index (χ2v) is 7.51.